The number of aryl methyl sites for hydroxylation is 3. The zero-order chi connectivity index (χ0) is 21.5. The zero-order valence-corrected chi connectivity index (χ0v) is 17.3. The molecule has 0 unspecified atom stereocenters. The number of carbonyl (C=O) groups excluding carboxylic acids is 2. The molecule has 0 radical (unpaired) electrons. The van der Waals surface area contributed by atoms with Crippen molar-refractivity contribution >= 4 is 23.6 Å². The molecule has 0 fully saturated rings. The van der Waals surface area contributed by atoms with E-state index in [1.54, 1.807) is 10.9 Å². The number of hydrogen-bond donors (Lipinski definition) is 1. The van der Waals surface area contributed by atoms with Gasteiger partial charge in [-0.1, -0.05) is 53.2 Å². The molecule has 0 saturated carbocycles. The summed E-state index contributed by atoms with van der Waals surface area (Å²) in [5, 5.41) is 10.8. The van der Waals surface area contributed by atoms with Crippen LogP contribution in [0.1, 0.15) is 27.9 Å². The second-order valence-corrected chi connectivity index (χ2v) is 7.09. The van der Waals surface area contributed by atoms with E-state index in [0.717, 1.165) is 27.9 Å². The molecular weight excluding hydrogens is 380 g/mol. The van der Waals surface area contributed by atoms with Gasteiger partial charge in [0.05, 0.1) is 12.7 Å². The summed E-state index contributed by atoms with van der Waals surface area (Å²) in [5.41, 5.74) is 5.42. The average molecular weight is 404 g/mol. The first-order chi connectivity index (χ1) is 14.4. The van der Waals surface area contributed by atoms with Gasteiger partial charge in [-0.05, 0) is 43.5 Å². The largest absolute Gasteiger partial charge is 0.452 e. The maximum Gasteiger partial charge on any atom is 0.331 e. The van der Waals surface area contributed by atoms with Crippen molar-refractivity contribution in [2.24, 2.45) is 0 Å². The Hall–Kier alpha value is -3.74. The van der Waals surface area contributed by atoms with Crippen molar-refractivity contribution in [3.8, 4) is 0 Å². The molecule has 2 aromatic carbocycles. The van der Waals surface area contributed by atoms with Crippen LogP contribution in [-0.2, 0) is 20.9 Å². The fraction of sp³-hybridized carbons (Fsp3) is 0.217. The third-order valence-electron chi connectivity index (χ3n) is 4.42. The lowest BCUT2D eigenvalue weighted by Crippen LogP contribution is -2.21. The highest BCUT2D eigenvalue weighted by Crippen LogP contribution is 2.21. The fourth-order valence-corrected chi connectivity index (χ4v) is 3.13. The Balaban J connectivity index is 1.49. The summed E-state index contributed by atoms with van der Waals surface area (Å²) >= 11 is 0. The van der Waals surface area contributed by atoms with E-state index in [1.807, 2.05) is 63.2 Å². The fourth-order valence-electron chi connectivity index (χ4n) is 3.13. The van der Waals surface area contributed by atoms with Crippen molar-refractivity contribution < 1.29 is 14.3 Å². The van der Waals surface area contributed by atoms with Crippen LogP contribution in [0.15, 0.2) is 54.7 Å². The second kappa shape index (κ2) is 9.65. The van der Waals surface area contributed by atoms with E-state index in [0.29, 0.717) is 12.2 Å². The molecule has 7 nitrogen and oxygen atoms in total. The first kappa shape index (κ1) is 21.0. The molecule has 1 N–H and O–H groups in total. The molecule has 0 saturated heterocycles. The monoisotopic (exact) mass is 404 g/mol. The Labute approximate surface area is 175 Å². The van der Waals surface area contributed by atoms with Gasteiger partial charge in [-0.25, -0.2) is 9.48 Å². The minimum absolute atomic E-state index is 0.364. The molecule has 30 heavy (non-hydrogen) atoms. The highest BCUT2D eigenvalue weighted by atomic mass is 16.5. The van der Waals surface area contributed by atoms with Crippen LogP contribution in [0.3, 0.4) is 0 Å². The zero-order valence-electron chi connectivity index (χ0n) is 17.3. The molecule has 1 amide bonds. The number of benzene rings is 2. The van der Waals surface area contributed by atoms with E-state index >= 15 is 0 Å². The van der Waals surface area contributed by atoms with Crippen LogP contribution < -0.4 is 5.32 Å². The number of anilines is 1. The highest BCUT2D eigenvalue weighted by Gasteiger charge is 2.10. The second-order valence-electron chi connectivity index (χ2n) is 7.09. The Morgan fingerprint density at radius 1 is 1.10 bits per heavy atom. The van der Waals surface area contributed by atoms with Gasteiger partial charge in [0, 0.05) is 11.8 Å². The molecule has 0 atom stereocenters. The van der Waals surface area contributed by atoms with Crippen molar-refractivity contribution in [1.82, 2.24) is 15.0 Å². The number of esters is 1. The summed E-state index contributed by atoms with van der Waals surface area (Å²) < 4.78 is 6.69. The van der Waals surface area contributed by atoms with Crippen molar-refractivity contribution in [3.05, 3.63) is 82.7 Å². The summed E-state index contributed by atoms with van der Waals surface area (Å²) in [7, 11) is 0. The molecule has 0 aliphatic carbocycles. The normalized spacial score (nSPS) is 10.9. The predicted octanol–water partition coefficient (Wildman–Crippen LogP) is 3.45. The topological polar surface area (TPSA) is 86.1 Å². The lowest BCUT2D eigenvalue weighted by Gasteiger charge is -2.12. The van der Waals surface area contributed by atoms with Crippen molar-refractivity contribution in [1.29, 1.82) is 0 Å². The van der Waals surface area contributed by atoms with Gasteiger partial charge >= 0.3 is 5.97 Å². The molecule has 154 valence electrons. The molecule has 0 spiro atoms. The number of carbonyl (C=O) groups is 2. The lowest BCUT2D eigenvalue weighted by molar-refractivity contribution is -0.142. The van der Waals surface area contributed by atoms with E-state index in [9.17, 15) is 9.59 Å². The number of amides is 1. The molecule has 3 rings (SSSR count). The van der Waals surface area contributed by atoms with Gasteiger partial charge in [-0.15, -0.1) is 5.10 Å². The summed E-state index contributed by atoms with van der Waals surface area (Å²) in [6.07, 6.45) is 4.46. The molecular formula is C23H24N4O3. The highest BCUT2D eigenvalue weighted by molar-refractivity contribution is 5.95. The number of ether oxygens (including phenoxy) is 1. The third-order valence-corrected chi connectivity index (χ3v) is 4.42. The van der Waals surface area contributed by atoms with Gasteiger partial charge in [-0.2, -0.15) is 0 Å². The first-order valence-corrected chi connectivity index (χ1v) is 9.57. The SMILES string of the molecule is Cc1cc(C)c(NC(=O)COC(=O)/C=C/c2cn(Cc3ccccc3)nn2)c(C)c1. The van der Waals surface area contributed by atoms with Crippen LogP contribution in [0.2, 0.25) is 0 Å². The van der Waals surface area contributed by atoms with Gasteiger partial charge in [0.15, 0.2) is 6.61 Å². The molecule has 0 bridgehead atoms. The number of rotatable bonds is 7. The van der Waals surface area contributed by atoms with Crippen LogP contribution in [-0.4, -0.2) is 33.5 Å². The Morgan fingerprint density at radius 3 is 2.50 bits per heavy atom. The van der Waals surface area contributed by atoms with Crippen molar-refractivity contribution in [2.45, 2.75) is 27.3 Å². The van der Waals surface area contributed by atoms with Crippen LogP contribution in [0.25, 0.3) is 6.08 Å². The van der Waals surface area contributed by atoms with Gasteiger partial charge in [0.1, 0.15) is 5.69 Å². The van der Waals surface area contributed by atoms with Crippen molar-refractivity contribution in [3.63, 3.8) is 0 Å². The van der Waals surface area contributed by atoms with E-state index in [2.05, 4.69) is 15.6 Å². The molecule has 0 aliphatic heterocycles. The van der Waals surface area contributed by atoms with Gasteiger partial charge in [0.2, 0.25) is 0 Å². The predicted molar refractivity (Wildman–Crippen MR) is 115 cm³/mol. The smallest absolute Gasteiger partial charge is 0.331 e. The Kier molecular flexibility index (Phi) is 6.75. The molecule has 1 aromatic heterocycles. The maximum absolute atomic E-state index is 12.1. The van der Waals surface area contributed by atoms with Crippen molar-refractivity contribution in [2.75, 3.05) is 11.9 Å². The minimum atomic E-state index is -0.625. The summed E-state index contributed by atoms with van der Waals surface area (Å²) in [5.74, 6) is -1.01. The summed E-state index contributed by atoms with van der Waals surface area (Å²) in [4.78, 5) is 24.0. The molecule has 0 aliphatic rings. The van der Waals surface area contributed by atoms with Crippen LogP contribution in [0.4, 0.5) is 5.69 Å². The summed E-state index contributed by atoms with van der Waals surface area (Å²) in [6.45, 7) is 6.07. The minimum Gasteiger partial charge on any atom is -0.452 e. The average Bonchev–Trinajstić information content (AvgIpc) is 3.15. The third kappa shape index (κ3) is 5.88. The maximum atomic E-state index is 12.1. The molecule has 7 heteroatoms. The quantitative estimate of drug-likeness (QED) is 0.482. The van der Waals surface area contributed by atoms with Gasteiger partial charge in [-0.3, -0.25) is 4.79 Å². The summed E-state index contributed by atoms with van der Waals surface area (Å²) in [6, 6.07) is 13.8. The number of hydrogen-bond acceptors (Lipinski definition) is 5. The Morgan fingerprint density at radius 2 is 1.80 bits per heavy atom. The van der Waals surface area contributed by atoms with E-state index in [1.165, 1.54) is 12.2 Å². The molecule has 1 heterocycles. The van der Waals surface area contributed by atoms with Gasteiger partial charge in [0.25, 0.3) is 5.91 Å². The first-order valence-electron chi connectivity index (χ1n) is 9.57. The Bertz CT molecular complexity index is 1050. The van der Waals surface area contributed by atoms with Crippen LogP contribution in [0.5, 0.6) is 0 Å². The van der Waals surface area contributed by atoms with Crippen LogP contribution >= 0.6 is 0 Å². The standard InChI is InChI=1S/C23H24N4O3/c1-16-11-17(2)23(18(3)12-16)24-21(28)15-30-22(29)10-9-20-14-27(26-25-20)13-19-7-5-4-6-8-19/h4-12,14H,13,15H2,1-3H3,(H,24,28)/b10-9+. The van der Waals surface area contributed by atoms with Gasteiger partial charge < -0.3 is 10.1 Å². The number of aromatic nitrogens is 3. The lowest BCUT2D eigenvalue weighted by atomic mass is 10.1. The number of nitrogens with one attached hydrogen (secondary N) is 1. The van der Waals surface area contributed by atoms with E-state index in [4.69, 9.17) is 4.74 Å². The number of nitrogens with zero attached hydrogens (tertiary/aromatic N) is 3. The van der Waals surface area contributed by atoms with E-state index in [-0.39, 0.29) is 12.5 Å². The van der Waals surface area contributed by atoms with Crippen LogP contribution in [0, 0.1) is 20.8 Å². The van der Waals surface area contributed by atoms with E-state index < -0.39 is 5.97 Å². The molecule has 3 aromatic rings.